The lowest BCUT2D eigenvalue weighted by molar-refractivity contribution is -0.118. The zero-order valence-electron chi connectivity index (χ0n) is 12.2. The van der Waals surface area contributed by atoms with Crippen LogP contribution in [0.5, 0.6) is 0 Å². The van der Waals surface area contributed by atoms with E-state index in [9.17, 15) is 14.3 Å². The number of amides is 1. The van der Waals surface area contributed by atoms with Crippen molar-refractivity contribution in [2.75, 3.05) is 6.61 Å². The number of aliphatic hydroxyl groups excluding tert-OH is 1. The number of nitriles is 1. The maximum absolute atomic E-state index is 12.9. The Morgan fingerprint density at radius 2 is 1.87 bits per heavy atom. The highest BCUT2D eigenvalue weighted by Gasteiger charge is 2.16. The van der Waals surface area contributed by atoms with Crippen LogP contribution in [0.2, 0.25) is 0 Å². The molecule has 2 rings (SSSR count). The van der Waals surface area contributed by atoms with E-state index in [1.165, 1.54) is 30.3 Å². The zero-order chi connectivity index (χ0) is 16.7. The van der Waals surface area contributed by atoms with E-state index in [0.29, 0.717) is 5.56 Å². The van der Waals surface area contributed by atoms with Crippen LogP contribution >= 0.6 is 0 Å². The molecule has 23 heavy (non-hydrogen) atoms. The lowest BCUT2D eigenvalue weighted by Gasteiger charge is -2.16. The SMILES string of the molecule is N#C/C(=C/c1ccc(F)cc1)C(=O)N[C@@H](CO)c1ccccc1. The molecule has 0 aliphatic rings. The Balaban J connectivity index is 2.16. The second-order valence-electron chi connectivity index (χ2n) is 4.84. The maximum Gasteiger partial charge on any atom is 0.262 e. The number of carbonyl (C=O) groups excluding carboxylic acids is 1. The smallest absolute Gasteiger partial charge is 0.262 e. The average molecular weight is 310 g/mol. The summed E-state index contributed by atoms with van der Waals surface area (Å²) in [5, 5.41) is 21.2. The van der Waals surface area contributed by atoms with Crippen LogP contribution in [0.3, 0.4) is 0 Å². The molecule has 2 aromatic rings. The Kier molecular flexibility index (Phi) is 5.61. The molecule has 0 spiro atoms. The molecule has 0 bridgehead atoms. The molecular formula is C18H15FN2O2. The second kappa shape index (κ2) is 7.87. The third kappa shape index (κ3) is 4.50. The quantitative estimate of drug-likeness (QED) is 0.658. The van der Waals surface area contributed by atoms with Gasteiger partial charge in [0, 0.05) is 0 Å². The molecule has 2 aromatic carbocycles. The molecule has 5 heteroatoms. The molecule has 1 atom stereocenters. The Morgan fingerprint density at radius 1 is 1.22 bits per heavy atom. The lowest BCUT2D eigenvalue weighted by Crippen LogP contribution is -2.31. The summed E-state index contributed by atoms with van der Waals surface area (Å²) in [6.07, 6.45) is 1.37. The summed E-state index contributed by atoms with van der Waals surface area (Å²) >= 11 is 0. The topological polar surface area (TPSA) is 73.1 Å². The molecule has 0 aliphatic carbocycles. The normalized spacial score (nSPS) is 12.3. The van der Waals surface area contributed by atoms with Crippen molar-refractivity contribution in [2.24, 2.45) is 0 Å². The summed E-state index contributed by atoms with van der Waals surface area (Å²) in [6, 6.07) is 15.6. The molecule has 0 heterocycles. The molecule has 116 valence electrons. The Labute approximate surface area is 133 Å². The number of nitrogens with zero attached hydrogens (tertiary/aromatic N) is 1. The molecule has 1 amide bonds. The van der Waals surface area contributed by atoms with Crippen molar-refractivity contribution in [1.29, 1.82) is 5.26 Å². The molecule has 0 saturated heterocycles. The van der Waals surface area contributed by atoms with Crippen molar-refractivity contribution >= 4 is 12.0 Å². The van der Waals surface area contributed by atoms with E-state index in [2.05, 4.69) is 5.32 Å². The van der Waals surface area contributed by atoms with Crippen molar-refractivity contribution in [3.05, 3.63) is 77.1 Å². The van der Waals surface area contributed by atoms with Crippen molar-refractivity contribution in [3.63, 3.8) is 0 Å². The molecule has 4 nitrogen and oxygen atoms in total. The Bertz CT molecular complexity index is 734. The summed E-state index contributed by atoms with van der Waals surface area (Å²) in [6.45, 7) is -0.287. The maximum atomic E-state index is 12.9. The van der Waals surface area contributed by atoms with Crippen LogP contribution < -0.4 is 5.32 Å². The van der Waals surface area contributed by atoms with Gasteiger partial charge >= 0.3 is 0 Å². The van der Waals surface area contributed by atoms with Gasteiger partial charge in [-0.05, 0) is 29.3 Å². The number of aliphatic hydroxyl groups is 1. The second-order valence-corrected chi connectivity index (χ2v) is 4.84. The average Bonchev–Trinajstić information content (AvgIpc) is 2.59. The molecule has 0 saturated carbocycles. The lowest BCUT2D eigenvalue weighted by atomic mass is 10.1. The third-order valence-corrected chi connectivity index (χ3v) is 3.24. The Morgan fingerprint density at radius 3 is 2.43 bits per heavy atom. The van der Waals surface area contributed by atoms with Crippen LogP contribution in [0.25, 0.3) is 6.08 Å². The molecular weight excluding hydrogens is 295 g/mol. The van der Waals surface area contributed by atoms with Gasteiger partial charge in [0.05, 0.1) is 12.6 Å². The fourth-order valence-corrected chi connectivity index (χ4v) is 2.03. The predicted molar refractivity (Wildman–Crippen MR) is 84.4 cm³/mol. The highest BCUT2D eigenvalue weighted by molar-refractivity contribution is 6.01. The van der Waals surface area contributed by atoms with Crippen LogP contribution in [0, 0.1) is 17.1 Å². The van der Waals surface area contributed by atoms with Crippen molar-refractivity contribution in [1.82, 2.24) is 5.32 Å². The van der Waals surface area contributed by atoms with Gasteiger partial charge in [0.15, 0.2) is 0 Å². The predicted octanol–water partition coefficient (Wildman–Crippen LogP) is 2.58. The van der Waals surface area contributed by atoms with Gasteiger partial charge in [-0.1, -0.05) is 42.5 Å². The first-order valence-corrected chi connectivity index (χ1v) is 6.98. The first-order valence-electron chi connectivity index (χ1n) is 6.98. The van der Waals surface area contributed by atoms with Crippen LogP contribution in [0.15, 0.2) is 60.2 Å². The summed E-state index contributed by atoms with van der Waals surface area (Å²) in [5.74, 6) is -0.991. The fourth-order valence-electron chi connectivity index (χ4n) is 2.03. The molecule has 2 N–H and O–H groups in total. The number of hydrogen-bond acceptors (Lipinski definition) is 3. The minimum absolute atomic E-state index is 0.119. The molecule has 0 aromatic heterocycles. The van der Waals surface area contributed by atoms with Gasteiger partial charge < -0.3 is 10.4 Å². The van der Waals surface area contributed by atoms with Crippen LogP contribution in [-0.4, -0.2) is 17.6 Å². The van der Waals surface area contributed by atoms with Gasteiger partial charge in [0.1, 0.15) is 17.5 Å². The summed E-state index contributed by atoms with van der Waals surface area (Å²) < 4.78 is 12.9. The van der Waals surface area contributed by atoms with E-state index in [1.54, 1.807) is 24.3 Å². The van der Waals surface area contributed by atoms with Gasteiger partial charge in [-0.2, -0.15) is 5.26 Å². The van der Waals surface area contributed by atoms with E-state index in [1.807, 2.05) is 12.1 Å². The number of rotatable bonds is 5. The number of hydrogen-bond donors (Lipinski definition) is 2. The Hall–Kier alpha value is -2.97. The molecule has 0 unspecified atom stereocenters. The van der Waals surface area contributed by atoms with Gasteiger partial charge in [-0.15, -0.1) is 0 Å². The molecule has 0 radical (unpaired) electrons. The number of benzene rings is 2. The number of carbonyl (C=O) groups is 1. The minimum atomic E-state index is -0.603. The molecule has 0 aliphatic heterocycles. The zero-order valence-corrected chi connectivity index (χ0v) is 12.2. The van der Waals surface area contributed by atoms with Crippen LogP contribution in [-0.2, 0) is 4.79 Å². The van der Waals surface area contributed by atoms with E-state index in [0.717, 1.165) is 5.56 Å². The van der Waals surface area contributed by atoms with Crippen molar-refractivity contribution in [3.8, 4) is 6.07 Å². The van der Waals surface area contributed by atoms with Gasteiger partial charge in [-0.25, -0.2) is 4.39 Å². The van der Waals surface area contributed by atoms with Crippen molar-refractivity contribution in [2.45, 2.75) is 6.04 Å². The van der Waals surface area contributed by atoms with Crippen molar-refractivity contribution < 1.29 is 14.3 Å². The van der Waals surface area contributed by atoms with Gasteiger partial charge in [0.25, 0.3) is 5.91 Å². The van der Waals surface area contributed by atoms with Gasteiger partial charge in [-0.3, -0.25) is 4.79 Å². The van der Waals surface area contributed by atoms with E-state index < -0.39 is 17.8 Å². The monoisotopic (exact) mass is 310 g/mol. The first-order chi connectivity index (χ1) is 11.1. The first kappa shape index (κ1) is 16.4. The molecule has 0 fully saturated rings. The van der Waals surface area contributed by atoms with Crippen LogP contribution in [0.4, 0.5) is 4.39 Å². The fraction of sp³-hybridized carbons (Fsp3) is 0.111. The third-order valence-electron chi connectivity index (χ3n) is 3.24. The number of halogens is 1. The van der Waals surface area contributed by atoms with E-state index >= 15 is 0 Å². The van der Waals surface area contributed by atoms with Crippen LogP contribution in [0.1, 0.15) is 17.2 Å². The van der Waals surface area contributed by atoms with E-state index in [4.69, 9.17) is 5.26 Å². The summed E-state index contributed by atoms with van der Waals surface area (Å²) in [4.78, 5) is 12.2. The summed E-state index contributed by atoms with van der Waals surface area (Å²) in [5.41, 5.74) is 1.16. The highest BCUT2D eigenvalue weighted by Crippen LogP contribution is 2.14. The van der Waals surface area contributed by atoms with Gasteiger partial charge in [0.2, 0.25) is 0 Å². The summed E-state index contributed by atoms with van der Waals surface area (Å²) in [7, 11) is 0. The largest absolute Gasteiger partial charge is 0.394 e. The minimum Gasteiger partial charge on any atom is -0.394 e. The number of nitrogens with one attached hydrogen (secondary N) is 1. The standard InChI is InChI=1S/C18H15FN2O2/c19-16-8-6-13(7-9-16)10-15(11-20)18(23)21-17(12-22)14-4-2-1-3-5-14/h1-10,17,22H,12H2,(H,21,23)/b15-10-/t17-/m0/s1. The highest BCUT2D eigenvalue weighted by atomic mass is 19.1. The van der Waals surface area contributed by atoms with E-state index in [-0.39, 0.29) is 12.2 Å².